The SMILES string of the molecule is CC1CCC(CNOCc2ccccc2)O1. The molecule has 88 valence electrons. The maximum atomic E-state index is 5.67. The Labute approximate surface area is 96.7 Å². The number of benzene rings is 1. The van der Waals surface area contributed by atoms with Crippen LogP contribution >= 0.6 is 0 Å². The molecular weight excluding hydrogens is 202 g/mol. The van der Waals surface area contributed by atoms with Gasteiger partial charge in [0.05, 0.1) is 18.8 Å². The van der Waals surface area contributed by atoms with E-state index in [2.05, 4.69) is 24.5 Å². The van der Waals surface area contributed by atoms with Crippen molar-refractivity contribution in [1.29, 1.82) is 0 Å². The molecule has 0 amide bonds. The molecule has 1 heterocycles. The number of nitrogens with one attached hydrogen (secondary N) is 1. The van der Waals surface area contributed by atoms with Crippen molar-refractivity contribution in [2.75, 3.05) is 6.54 Å². The Morgan fingerprint density at radius 2 is 2.12 bits per heavy atom. The predicted octanol–water partition coefficient (Wildman–Crippen LogP) is 2.28. The van der Waals surface area contributed by atoms with Gasteiger partial charge in [0.15, 0.2) is 0 Å². The molecule has 0 bridgehead atoms. The summed E-state index contributed by atoms with van der Waals surface area (Å²) in [5, 5.41) is 0. The normalized spacial score (nSPS) is 24.8. The van der Waals surface area contributed by atoms with Crippen LogP contribution in [0.15, 0.2) is 30.3 Å². The average molecular weight is 221 g/mol. The molecule has 1 aromatic carbocycles. The maximum Gasteiger partial charge on any atom is 0.0933 e. The second-order valence-electron chi connectivity index (χ2n) is 4.27. The smallest absolute Gasteiger partial charge is 0.0933 e. The van der Waals surface area contributed by atoms with E-state index in [0.717, 1.165) is 19.4 Å². The topological polar surface area (TPSA) is 30.5 Å². The molecule has 3 heteroatoms. The first-order chi connectivity index (χ1) is 7.84. The van der Waals surface area contributed by atoms with Crippen LogP contribution in [0.5, 0.6) is 0 Å². The Hall–Kier alpha value is -0.900. The van der Waals surface area contributed by atoms with Crippen LogP contribution < -0.4 is 5.48 Å². The van der Waals surface area contributed by atoms with Crippen molar-refractivity contribution < 1.29 is 9.57 Å². The summed E-state index contributed by atoms with van der Waals surface area (Å²) >= 11 is 0. The van der Waals surface area contributed by atoms with Crippen molar-refractivity contribution in [3.05, 3.63) is 35.9 Å². The highest BCUT2D eigenvalue weighted by Crippen LogP contribution is 2.18. The minimum atomic E-state index is 0.311. The van der Waals surface area contributed by atoms with Gasteiger partial charge in [0.1, 0.15) is 0 Å². The second kappa shape index (κ2) is 5.99. The molecule has 0 saturated carbocycles. The fourth-order valence-electron chi connectivity index (χ4n) is 1.90. The number of rotatable bonds is 5. The van der Waals surface area contributed by atoms with Crippen molar-refractivity contribution in [3.63, 3.8) is 0 Å². The predicted molar refractivity (Wildman–Crippen MR) is 62.8 cm³/mol. The molecule has 2 rings (SSSR count). The minimum absolute atomic E-state index is 0.311. The molecule has 2 unspecified atom stereocenters. The van der Waals surface area contributed by atoms with Crippen molar-refractivity contribution in [3.8, 4) is 0 Å². The van der Waals surface area contributed by atoms with E-state index in [1.807, 2.05) is 18.2 Å². The molecule has 1 aliphatic heterocycles. The summed E-state index contributed by atoms with van der Waals surface area (Å²) in [4.78, 5) is 5.39. The van der Waals surface area contributed by atoms with Crippen LogP contribution in [0.25, 0.3) is 0 Å². The quantitative estimate of drug-likeness (QED) is 0.611. The summed E-state index contributed by atoms with van der Waals surface area (Å²) in [5.41, 5.74) is 4.15. The first kappa shape index (κ1) is 11.6. The van der Waals surface area contributed by atoms with Gasteiger partial charge in [0.2, 0.25) is 0 Å². The monoisotopic (exact) mass is 221 g/mol. The van der Waals surface area contributed by atoms with Crippen LogP contribution in [0.3, 0.4) is 0 Å². The van der Waals surface area contributed by atoms with Gasteiger partial charge in [0, 0.05) is 6.54 Å². The summed E-state index contributed by atoms with van der Waals surface area (Å²) in [7, 11) is 0. The molecule has 1 fully saturated rings. The van der Waals surface area contributed by atoms with Crippen LogP contribution in [-0.4, -0.2) is 18.8 Å². The molecule has 2 atom stereocenters. The zero-order valence-corrected chi connectivity index (χ0v) is 9.69. The van der Waals surface area contributed by atoms with E-state index >= 15 is 0 Å². The molecular formula is C13H19NO2. The van der Waals surface area contributed by atoms with Gasteiger partial charge < -0.3 is 4.74 Å². The Kier molecular flexibility index (Phi) is 4.34. The lowest BCUT2D eigenvalue weighted by atomic mass is 10.2. The first-order valence-electron chi connectivity index (χ1n) is 5.88. The van der Waals surface area contributed by atoms with Gasteiger partial charge in [-0.3, -0.25) is 4.84 Å². The summed E-state index contributed by atoms with van der Waals surface area (Å²) in [6, 6.07) is 10.1. The van der Waals surface area contributed by atoms with Gasteiger partial charge in [-0.1, -0.05) is 30.3 Å². The molecule has 0 spiro atoms. The third kappa shape index (κ3) is 3.59. The molecule has 0 radical (unpaired) electrons. The van der Waals surface area contributed by atoms with Gasteiger partial charge in [-0.2, -0.15) is 5.48 Å². The Balaban J connectivity index is 1.59. The fraction of sp³-hybridized carbons (Fsp3) is 0.538. The van der Waals surface area contributed by atoms with E-state index in [1.54, 1.807) is 0 Å². The van der Waals surface area contributed by atoms with Crippen molar-refractivity contribution in [2.24, 2.45) is 0 Å². The van der Waals surface area contributed by atoms with Gasteiger partial charge >= 0.3 is 0 Å². The summed E-state index contributed by atoms with van der Waals surface area (Å²) in [5.74, 6) is 0. The maximum absolute atomic E-state index is 5.67. The fourth-order valence-corrected chi connectivity index (χ4v) is 1.90. The zero-order chi connectivity index (χ0) is 11.2. The van der Waals surface area contributed by atoms with Gasteiger partial charge in [-0.25, -0.2) is 0 Å². The lowest BCUT2D eigenvalue weighted by Gasteiger charge is -2.12. The summed E-state index contributed by atoms with van der Waals surface area (Å²) < 4.78 is 5.67. The average Bonchev–Trinajstić information content (AvgIpc) is 2.72. The highest BCUT2D eigenvalue weighted by molar-refractivity contribution is 5.13. The van der Waals surface area contributed by atoms with Crippen LogP contribution in [0, 0.1) is 0 Å². The molecule has 0 aromatic heterocycles. The molecule has 1 N–H and O–H groups in total. The van der Waals surface area contributed by atoms with Crippen LogP contribution in [-0.2, 0) is 16.2 Å². The molecule has 1 aliphatic rings. The Morgan fingerprint density at radius 3 is 2.81 bits per heavy atom. The summed E-state index contributed by atoms with van der Waals surface area (Å²) in [6.07, 6.45) is 3.00. The van der Waals surface area contributed by atoms with E-state index in [4.69, 9.17) is 9.57 Å². The van der Waals surface area contributed by atoms with E-state index < -0.39 is 0 Å². The molecule has 16 heavy (non-hydrogen) atoms. The zero-order valence-electron chi connectivity index (χ0n) is 9.69. The van der Waals surface area contributed by atoms with Gasteiger partial charge in [-0.05, 0) is 25.3 Å². The van der Waals surface area contributed by atoms with E-state index in [9.17, 15) is 0 Å². The van der Waals surface area contributed by atoms with Crippen molar-refractivity contribution in [1.82, 2.24) is 5.48 Å². The van der Waals surface area contributed by atoms with Crippen molar-refractivity contribution >= 4 is 0 Å². The van der Waals surface area contributed by atoms with Crippen LogP contribution in [0.4, 0.5) is 0 Å². The van der Waals surface area contributed by atoms with Gasteiger partial charge in [-0.15, -0.1) is 0 Å². The highest BCUT2D eigenvalue weighted by Gasteiger charge is 2.21. The largest absolute Gasteiger partial charge is 0.374 e. The molecule has 1 aromatic rings. The standard InChI is InChI=1S/C13H19NO2/c1-11-7-8-13(16-11)9-14-15-10-12-5-3-2-4-6-12/h2-6,11,13-14H,7-10H2,1H3. The van der Waals surface area contributed by atoms with E-state index in [0.29, 0.717) is 18.8 Å². The Morgan fingerprint density at radius 1 is 1.31 bits per heavy atom. The number of hydrogen-bond donors (Lipinski definition) is 1. The van der Waals surface area contributed by atoms with Crippen LogP contribution in [0.1, 0.15) is 25.3 Å². The Bertz CT molecular complexity index is 302. The third-order valence-corrected chi connectivity index (χ3v) is 2.81. The van der Waals surface area contributed by atoms with E-state index in [-0.39, 0.29) is 0 Å². The lowest BCUT2D eigenvalue weighted by Crippen LogP contribution is -2.26. The highest BCUT2D eigenvalue weighted by atomic mass is 16.6. The second-order valence-corrected chi connectivity index (χ2v) is 4.27. The number of hydrogen-bond acceptors (Lipinski definition) is 3. The first-order valence-corrected chi connectivity index (χ1v) is 5.88. The van der Waals surface area contributed by atoms with Crippen molar-refractivity contribution in [2.45, 2.75) is 38.6 Å². The third-order valence-electron chi connectivity index (χ3n) is 2.81. The van der Waals surface area contributed by atoms with Crippen LogP contribution in [0.2, 0.25) is 0 Å². The minimum Gasteiger partial charge on any atom is -0.374 e. The molecule has 3 nitrogen and oxygen atoms in total. The molecule has 0 aliphatic carbocycles. The van der Waals surface area contributed by atoms with E-state index in [1.165, 1.54) is 5.56 Å². The molecule has 1 saturated heterocycles. The summed E-state index contributed by atoms with van der Waals surface area (Å²) in [6.45, 7) is 3.49. The number of hydroxylamine groups is 1. The number of ether oxygens (including phenoxy) is 1. The van der Waals surface area contributed by atoms with Gasteiger partial charge in [0.25, 0.3) is 0 Å². The lowest BCUT2D eigenvalue weighted by molar-refractivity contribution is -0.0159.